The van der Waals surface area contributed by atoms with E-state index in [4.69, 9.17) is 17.3 Å². The molecule has 2 rings (SSSR count). The standard InChI is InChI=1S/C15H20ClN3/c1-10(2)14-8-15(19(3)18-14)13(9-17)11-4-6-12(16)7-5-11/h4-8,10,13H,9,17H2,1-3H3. The molecule has 0 fully saturated rings. The summed E-state index contributed by atoms with van der Waals surface area (Å²) in [6.45, 7) is 4.84. The second kappa shape index (κ2) is 5.76. The molecule has 0 saturated heterocycles. The van der Waals surface area contributed by atoms with Gasteiger partial charge in [-0.3, -0.25) is 4.68 Å². The molecule has 0 aliphatic rings. The van der Waals surface area contributed by atoms with Gasteiger partial charge >= 0.3 is 0 Å². The molecule has 1 aromatic carbocycles. The Bertz CT molecular complexity index is 543. The van der Waals surface area contributed by atoms with Gasteiger partial charge in [-0.05, 0) is 29.7 Å². The minimum absolute atomic E-state index is 0.155. The van der Waals surface area contributed by atoms with Gasteiger partial charge in [-0.25, -0.2) is 0 Å². The molecule has 0 spiro atoms. The van der Waals surface area contributed by atoms with E-state index in [1.165, 1.54) is 5.56 Å². The van der Waals surface area contributed by atoms with Crippen LogP contribution in [0.2, 0.25) is 5.02 Å². The summed E-state index contributed by atoms with van der Waals surface area (Å²) >= 11 is 5.93. The van der Waals surface area contributed by atoms with Crippen molar-refractivity contribution in [3.63, 3.8) is 0 Å². The number of aryl methyl sites for hydroxylation is 1. The molecule has 0 saturated carbocycles. The van der Waals surface area contributed by atoms with Gasteiger partial charge in [0.1, 0.15) is 0 Å². The number of hydrogen-bond donors (Lipinski definition) is 1. The van der Waals surface area contributed by atoms with Gasteiger partial charge in [0.05, 0.1) is 5.69 Å². The summed E-state index contributed by atoms with van der Waals surface area (Å²) in [5, 5.41) is 5.30. The van der Waals surface area contributed by atoms with Gasteiger partial charge in [-0.1, -0.05) is 37.6 Å². The topological polar surface area (TPSA) is 43.8 Å². The van der Waals surface area contributed by atoms with Crippen LogP contribution in [0.4, 0.5) is 0 Å². The average molecular weight is 278 g/mol. The van der Waals surface area contributed by atoms with Crippen LogP contribution in [0, 0.1) is 0 Å². The Morgan fingerprint density at radius 1 is 1.26 bits per heavy atom. The molecule has 3 nitrogen and oxygen atoms in total. The SMILES string of the molecule is CC(C)c1cc(C(CN)c2ccc(Cl)cc2)n(C)n1. The Kier molecular flexibility index (Phi) is 4.27. The zero-order valence-electron chi connectivity index (χ0n) is 11.6. The summed E-state index contributed by atoms with van der Waals surface area (Å²) in [6, 6.07) is 10.0. The Hall–Kier alpha value is -1.32. The van der Waals surface area contributed by atoms with Gasteiger partial charge in [-0.2, -0.15) is 5.10 Å². The fourth-order valence-corrected chi connectivity index (χ4v) is 2.36. The molecule has 1 aromatic heterocycles. The van der Waals surface area contributed by atoms with Crippen molar-refractivity contribution in [1.82, 2.24) is 9.78 Å². The molecule has 0 aliphatic carbocycles. The van der Waals surface area contributed by atoms with E-state index in [1.54, 1.807) is 0 Å². The van der Waals surface area contributed by atoms with Crippen molar-refractivity contribution in [2.45, 2.75) is 25.7 Å². The van der Waals surface area contributed by atoms with Crippen LogP contribution in [0.25, 0.3) is 0 Å². The fourth-order valence-electron chi connectivity index (χ4n) is 2.24. The van der Waals surface area contributed by atoms with Gasteiger partial charge in [-0.15, -0.1) is 0 Å². The minimum Gasteiger partial charge on any atom is -0.329 e. The highest BCUT2D eigenvalue weighted by atomic mass is 35.5. The molecule has 4 heteroatoms. The first-order valence-corrected chi connectivity index (χ1v) is 6.90. The summed E-state index contributed by atoms with van der Waals surface area (Å²) in [4.78, 5) is 0. The molecular formula is C15H20ClN3. The molecule has 102 valence electrons. The Labute approximate surface area is 119 Å². The van der Waals surface area contributed by atoms with Crippen LogP contribution in [0.1, 0.15) is 42.6 Å². The zero-order chi connectivity index (χ0) is 14.0. The predicted octanol–water partition coefficient (Wildman–Crippen LogP) is 3.29. The largest absolute Gasteiger partial charge is 0.329 e. The molecule has 1 unspecified atom stereocenters. The monoisotopic (exact) mass is 277 g/mol. The van der Waals surface area contributed by atoms with Crippen LogP contribution >= 0.6 is 11.6 Å². The molecule has 0 aliphatic heterocycles. The lowest BCUT2D eigenvalue weighted by Crippen LogP contribution is -2.16. The highest BCUT2D eigenvalue weighted by molar-refractivity contribution is 6.30. The van der Waals surface area contributed by atoms with Crippen molar-refractivity contribution in [3.05, 3.63) is 52.3 Å². The molecule has 19 heavy (non-hydrogen) atoms. The van der Waals surface area contributed by atoms with Crippen molar-refractivity contribution < 1.29 is 0 Å². The van der Waals surface area contributed by atoms with Crippen molar-refractivity contribution in [3.8, 4) is 0 Å². The molecule has 0 amide bonds. The summed E-state index contributed by atoms with van der Waals surface area (Å²) in [5.74, 6) is 0.575. The summed E-state index contributed by atoms with van der Waals surface area (Å²) in [5.41, 5.74) is 9.38. The normalized spacial score (nSPS) is 12.9. The van der Waals surface area contributed by atoms with Crippen LogP contribution in [0.15, 0.2) is 30.3 Å². The number of rotatable bonds is 4. The zero-order valence-corrected chi connectivity index (χ0v) is 12.4. The van der Waals surface area contributed by atoms with Crippen LogP contribution in [-0.4, -0.2) is 16.3 Å². The second-order valence-corrected chi connectivity index (χ2v) is 5.55. The smallest absolute Gasteiger partial charge is 0.0653 e. The van der Waals surface area contributed by atoms with Gasteiger partial charge < -0.3 is 5.73 Å². The van der Waals surface area contributed by atoms with Crippen molar-refractivity contribution in [2.24, 2.45) is 12.8 Å². The van der Waals surface area contributed by atoms with Gasteiger partial charge in [0, 0.05) is 30.2 Å². The van der Waals surface area contributed by atoms with Crippen molar-refractivity contribution in [1.29, 1.82) is 0 Å². The summed E-state index contributed by atoms with van der Waals surface area (Å²) in [6.07, 6.45) is 0. The van der Waals surface area contributed by atoms with E-state index >= 15 is 0 Å². The number of hydrogen-bond acceptors (Lipinski definition) is 2. The quantitative estimate of drug-likeness (QED) is 0.932. The lowest BCUT2D eigenvalue weighted by Gasteiger charge is -2.15. The van der Waals surface area contributed by atoms with E-state index in [9.17, 15) is 0 Å². The molecule has 1 atom stereocenters. The molecular weight excluding hydrogens is 258 g/mol. The third kappa shape index (κ3) is 2.99. The maximum absolute atomic E-state index is 5.96. The Balaban J connectivity index is 2.39. The highest BCUT2D eigenvalue weighted by Gasteiger charge is 2.18. The first kappa shape index (κ1) is 14.1. The van der Waals surface area contributed by atoms with E-state index in [0.717, 1.165) is 16.4 Å². The third-order valence-electron chi connectivity index (χ3n) is 3.39. The van der Waals surface area contributed by atoms with E-state index in [2.05, 4.69) is 25.0 Å². The number of nitrogens with zero attached hydrogens (tertiary/aromatic N) is 2. The molecule has 0 bridgehead atoms. The van der Waals surface area contributed by atoms with Gasteiger partial charge in [0.2, 0.25) is 0 Å². The number of benzene rings is 1. The van der Waals surface area contributed by atoms with E-state index in [1.807, 2.05) is 36.0 Å². The first-order valence-electron chi connectivity index (χ1n) is 6.52. The lowest BCUT2D eigenvalue weighted by molar-refractivity contribution is 0.649. The second-order valence-electron chi connectivity index (χ2n) is 5.11. The predicted molar refractivity (Wildman–Crippen MR) is 79.6 cm³/mol. The average Bonchev–Trinajstić information content (AvgIpc) is 2.75. The maximum Gasteiger partial charge on any atom is 0.0653 e. The summed E-state index contributed by atoms with van der Waals surface area (Å²) in [7, 11) is 1.97. The minimum atomic E-state index is 0.155. The number of halogens is 1. The van der Waals surface area contributed by atoms with Gasteiger partial charge in [0.25, 0.3) is 0 Å². The van der Waals surface area contributed by atoms with E-state index in [0.29, 0.717) is 12.5 Å². The molecule has 0 radical (unpaired) electrons. The van der Waals surface area contributed by atoms with Crippen LogP contribution in [0.5, 0.6) is 0 Å². The lowest BCUT2D eigenvalue weighted by atomic mass is 9.95. The Morgan fingerprint density at radius 3 is 2.37 bits per heavy atom. The molecule has 1 heterocycles. The van der Waals surface area contributed by atoms with Crippen LogP contribution in [-0.2, 0) is 7.05 Å². The van der Waals surface area contributed by atoms with E-state index in [-0.39, 0.29) is 5.92 Å². The number of aromatic nitrogens is 2. The van der Waals surface area contributed by atoms with Crippen LogP contribution in [0.3, 0.4) is 0 Å². The van der Waals surface area contributed by atoms with Crippen molar-refractivity contribution in [2.75, 3.05) is 6.54 Å². The Morgan fingerprint density at radius 2 is 1.89 bits per heavy atom. The third-order valence-corrected chi connectivity index (χ3v) is 3.64. The van der Waals surface area contributed by atoms with Gasteiger partial charge in [0.15, 0.2) is 0 Å². The van der Waals surface area contributed by atoms with E-state index < -0.39 is 0 Å². The number of nitrogens with two attached hydrogens (primary N) is 1. The fraction of sp³-hybridized carbons (Fsp3) is 0.400. The van der Waals surface area contributed by atoms with Crippen LogP contribution < -0.4 is 5.73 Å². The maximum atomic E-state index is 5.96. The first-order chi connectivity index (χ1) is 9.02. The highest BCUT2D eigenvalue weighted by Crippen LogP contribution is 2.26. The summed E-state index contributed by atoms with van der Waals surface area (Å²) < 4.78 is 1.93. The molecule has 2 N–H and O–H groups in total. The molecule has 2 aromatic rings. The van der Waals surface area contributed by atoms with Crippen molar-refractivity contribution >= 4 is 11.6 Å².